The van der Waals surface area contributed by atoms with Gasteiger partial charge in [0.15, 0.2) is 6.29 Å². The minimum Gasteiger partial charge on any atom is -0.330 e. The molecular weight excluding hydrogens is 254 g/mol. The maximum atomic E-state index is 12.7. The molecule has 1 aromatic carbocycles. The summed E-state index contributed by atoms with van der Waals surface area (Å²) in [6, 6.07) is 7.45. The fourth-order valence-corrected chi connectivity index (χ4v) is 3.30. The lowest BCUT2D eigenvalue weighted by Gasteiger charge is -2.22. The molecule has 2 aliphatic heterocycles. The van der Waals surface area contributed by atoms with E-state index in [1.165, 1.54) is 0 Å². The van der Waals surface area contributed by atoms with Gasteiger partial charge in [-0.25, -0.2) is 4.98 Å². The summed E-state index contributed by atoms with van der Waals surface area (Å²) < 4.78 is 1.90. The van der Waals surface area contributed by atoms with Crippen LogP contribution in [0.15, 0.2) is 30.6 Å². The van der Waals surface area contributed by atoms with Gasteiger partial charge in [0.05, 0.1) is 23.0 Å². The van der Waals surface area contributed by atoms with Crippen LogP contribution in [0.4, 0.5) is 0 Å². The van der Waals surface area contributed by atoms with Gasteiger partial charge in [-0.15, -0.1) is 0 Å². The monoisotopic (exact) mass is 267 g/mol. The van der Waals surface area contributed by atoms with E-state index in [1.54, 1.807) is 6.33 Å². The average Bonchev–Trinajstić information content (AvgIpc) is 3.10. The highest BCUT2D eigenvalue weighted by Gasteiger charge is 2.38. The zero-order chi connectivity index (χ0) is 13.7. The molecule has 1 atom stereocenters. The van der Waals surface area contributed by atoms with Gasteiger partial charge >= 0.3 is 0 Å². The van der Waals surface area contributed by atoms with Crippen LogP contribution in [0.25, 0.3) is 5.69 Å². The fraction of sp³-hybridized carbons (Fsp3) is 0.267. The third-order valence-electron chi connectivity index (χ3n) is 4.17. The van der Waals surface area contributed by atoms with Gasteiger partial charge in [-0.1, -0.05) is 12.1 Å². The molecule has 4 rings (SSSR count). The van der Waals surface area contributed by atoms with E-state index in [4.69, 9.17) is 0 Å². The molecule has 0 bridgehead atoms. The molecule has 1 fully saturated rings. The van der Waals surface area contributed by atoms with Gasteiger partial charge in [0.25, 0.3) is 5.91 Å². The first-order valence-electron chi connectivity index (χ1n) is 6.74. The largest absolute Gasteiger partial charge is 0.330 e. The van der Waals surface area contributed by atoms with Crippen LogP contribution < -0.4 is 0 Å². The molecule has 0 radical (unpaired) electrons. The van der Waals surface area contributed by atoms with E-state index < -0.39 is 0 Å². The molecule has 3 heterocycles. The Morgan fingerprint density at radius 1 is 1.30 bits per heavy atom. The van der Waals surface area contributed by atoms with Crippen LogP contribution in [0.5, 0.6) is 0 Å². The quantitative estimate of drug-likeness (QED) is 0.742. The summed E-state index contributed by atoms with van der Waals surface area (Å²) in [6.45, 7) is 0.737. The summed E-state index contributed by atoms with van der Waals surface area (Å²) in [5, 5.41) is 0. The van der Waals surface area contributed by atoms with Crippen LogP contribution >= 0.6 is 0 Å². The molecule has 0 spiro atoms. The van der Waals surface area contributed by atoms with Crippen molar-refractivity contribution in [2.75, 3.05) is 6.54 Å². The molecule has 1 amide bonds. The third kappa shape index (κ3) is 1.35. The number of amides is 1. The van der Waals surface area contributed by atoms with Crippen molar-refractivity contribution in [3.05, 3.63) is 47.5 Å². The number of carbonyl (C=O) groups excluding carboxylic acids is 2. The lowest BCUT2D eigenvalue weighted by molar-refractivity contribution is 0.0737. The Kier molecular flexibility index (Phi) is 2.30. The van der Waals surface area contributed by atoms with Gasteiger partial charge < -0.3 is 4.90 Å². The van der Waals surface area contributed by atoms with Gasteiger partial charge in [-0.05, 0) is 25.0 Å². The second kappa shape index (κ2) is 4.03. The van der Waals surface area contributed by atoms with Gasteiger partial charge in [0, 0.05) is 6.54 Å². The van der Waals surface area contributed by atoms with E-state index >= 15 is 0 Å². The van der Waals surface area contributed by atoms with Crippen LogP contribution in [-0.2, 0) is 0 Å². The number of para-hydroxylation sites is 1. The maximum absolute atomic E-state index is 12.7. The lowest BCUT2D eigenvalue weighted by atomic mass is 10.1. The number of nitrogens with zero attached hydrogens (tertiary/aromatic N) is 3. The van der Waals surface area contributed by atoms with Crippen molar-refractivity contribution in [2.45, 2.75) is 18.9 Å². The van der Waals surface area contributed by atoms with E-state index in [-0.39, 0.29) is 11.9 Å². The normalized spacial score (nSPS) is 20.1. The molecule has 0 saturated carbocycles. The molecule has 0 aliphatic carbocycles. The lowest BCUT2D eigenvalue weighted by Crippen LogP contribution is -2.29. The summed E-state index contributed by atoms with van der Waals surface area (Å²) in [6.07, 6.45) is 4.27. The Bertz CT molecular complexity index is 720. The minimum absolute atomic E-state index is 0.0439. The zero-order valence-corrected chi connectivity index (χ0v) is 10.8. The van der Waals surface area contributed by atoms with Crippen molar-refractivity contribution in [3.8, 4) is 5.69 Å². The van der Waals surface area contributed by atoms with Crippen LogP contribution in [0.3, 0.4) is 0 Å². The number of carbonyl (C=O) groups is 2. The third-order valence-corrected chi connectivity index (χ3v) is 4.17. The number of benzene rings is 1. The van der Waals surface area contributed by atoms with Crippen LogP contribution in [-0.4, -0.2) is 33.2 Å². The van der Waals surface area contributed by atoms with Crippen molar-refractivity contribution in [1.29, 1.82) is 0 Å². The van der Waals surface area contributed by atoms with Gasteiger partial charge in [-0.3, -0.25) is 14.2 Å². The predicted octanol–water partition coefficient (Wildman–Crippen LogP) is 1.98. The average molecular weight is 267 g/mol. The second-order valence-electron chi connectivity index (χ2n) is 5.18. The first-order valence-corrected chi connectivity index (χ1v) is 6.74. The number of rotatable bonds is 1. The van der Waals surface area contributed by atoms with Crippen molar-refractivity contribution >= 4 is 12.2 Å². The van der Waals surface area contributed by atoms with Crippen LogP contribution in [0.1, 0.15) is 45.4 Å². The molecule has 0 unspecified atom stereocenters. The summed E-state index contributed by atoms with van der Waals surface area (Å²) >= 11 is 0. The number of hydrogen-bond acceptors (Lipinski definition) is 3. The van der Waals surface area contributed by atoms with E-state index in [0.29, 0.717) is 11.3 Å². The second-order valence-corrected chi connectivity index (χ2v) is 5.18. The molecule has 2 aliphatic rings. The summed E-state index contributed by atoms with van der Waals surface area (Å²) in [5.74, 6) is 0.0450. The van der Waals surface area contributed by atoms with E-state index in [9.17, 15) is 9.59 Å². The molecule has 100 valence electrons. The van der Waals surface area contributed by atoms with Gasteiger partial charge in [0.2, 0.25) is 0 Å². The first-order chi connectivity index (χ1) is 9.81. The molecule has 20 heavy (non-hydrogen) atoms. The molecule has 2 aromatic rings. The van der Waals surface area contributed by atoms with Crippen molar-refractivity contribution in [2.24, 2.45) is 0 Å². The summed E-state index contributed by atoms with van der Waals surface area (Å²) in [4.78, 5) is 30.0. The smallest absolute Gasteiger partial charge is 0.256 e. The molecule has 0 N–H and O–H groups in total. The molecule has 5 heteroatoms. The Balaban J connectivity index is 2.06. The highest BCUT2D eigenvalue weighted by atomic mass is 16.2. The van der Waals surface area contributed by atoms with Crippen LogP contribution in [0.2, 0.25) is 0 Å². The van der Waals surface area contributed by atoms with Crippen molar-refractivity contribution in [1.82, 2.24) is 14.5 Å². The van der Waals surface area contributed by atoms with Gasteiger partial charge in [0.1, 0.15) is 12.0 Å². The Morgan fingerprint density at radius 3 is 3.00 bits per heavy atom. The predicted molar refractivity (Wildman–Crippen MR) is 72.0 cm³/mol. The SMILES string of the molecule is O=Cc1ncn2c1[C@@H]1CCCN1C(=O)c1ccccc1-2. The van der Waals surface area contributed by atoms with Crippen LogP contribution in [0, 0.1) is 0 Å². The van der Waals surface area contributed by atoms with E-state index in [0.717, 1.165) is 37.1 Å². The summed E-state index contributed by atoms with van der Waals surface area (Å²) in [5.41, 5.74) is 2.76. The highest BCUT2D eigenvalue weighted by molar-refractivity contribution is 5.99. The maximum Gasteiger partial charge on any atom is 0.256 e. The zero-order valence-electron chi connectivity index (χ0n) is 10.8. The minimum atomic E-state index is -0.0439. The first kappa shape index (κ1) is 11.4. The highest BCUT2D eigenvalue weighted by Crippen LogP contribution is 2.39. The van der Waals surface area contributed by atoms with Crippen molar-refractivity contribution < 1.29 is 9.59 Å². The van der Waals surface area contributed by atoms with E-state index in [2.05, 4.69) is 4.98 Å². The number of imidazole rings is 1. The number of aromatic nitrogens is 2. The summed E-state index contributed by atoms with van der Waals surface area (Å²) in [7, 11) is 0. The number of hydrogen-bond donors (Lipinski definition) is 0. The fourth-order valence-electron chi connectivity index (χ4n) is 3.30. The standard InChI is InChI=1S/C15H13N3O2/c19-8-11-14-13-6-3-7-17(13)15(20)10-4-1-2-5-12(10)18(14)9-16-11/h1-2,4-5,8-9,13H,3,6-7H2/t13-/m0/s1. The number of fused-ring (bicyclic) bond motifs is 5. The van der Waals surface area contributed by atoms with Gasteiger partial charge in [-0.2, -0.15) is 0 Å². The molecular formula is C15H13N3O2. The topological polar surface area (TPSA) is 55.2 Å². The Labute approximate surface area is 115 Å². The van der Waals surface area contributed by atoms with Crippen molar-refractivity contribution in [3.63, 3.8) is 0 Å². The molecule has 1 aromatic heterocycles. The van der Waals surface area contributed by atoms with E-state index in [1.807, 2.05) is 33.7 Å². The number of aldehydes is 1. The Morgan fingerprint density at radius 2 is 2.15 bits per heavy atom. The Hall–Kier alpha value is -2.43. The molecule has 1 saturated heterocycles. The molecule has 5 nitrogen and oxygen atoms in total.